The van der Waals surface area contributed by atoms with E-state index in [4.69, 9.17) is 0 Å². The summed E-state index contributed by atoms with van der Waals surface area (Å²) in [5, 5.41) is 4.97. The molecule has 2 rings (SSSR count). The highest BCUT2D eigenvalue weighted by molar-refractivity contribution is 7.11. The van der Waals surface area contributed by atoms with Crippen molar-refractivity contribution in [3.63, 3.8) is 0 Å². The minimum absolute atomic E-state index is 0.451. The van der Waals surface area contributed by atoms with Crippen LogP contribution in [0.2, 0.25) is 0 Å². The average Bonchev–Trinajstić information content (AvgIpc) is 2.95. The Kier molecular flexibility index (Phi) is 3.98. The van der Waals surface area contributed by atoms with Crippen molar-refractivity contribution in [3.05, 3.63) is 16.1 Å². The number of nitrogens with zero attached hydrogens (tertiary/aromatic N) is 1. The molecule has 0 spiro atoms. The maximum atomic E-state index is 4.49. The second-order valence-electron chi connectivity index (χ2n) is 5.02. The van der Waals surface area contributed by atoms with Crippen molar-refractivity contribution in [3.8, 4) is 0 Å². The number of hydrogen-bond acceptors (Lipinski definition) is 3. The fraction of sp³-hybridized carbons (Fsp3) is 0.769. The molecule has 2 nitrogen and oxygen atoms in total. The van der Waals surface area contributed by atoms with Gasteiger partial charge in [-0.25, -0.2) is 4.98 Å². The molecule has 1 heterocycles. The third-order valence-electron chi connectivity index (χ3n) is 3.22. The molecule has 90 valence electrons. The van der Waals surface area contributed by atoms with Crippen LogP contribution in [0.3, 0.4) is 0 Å². The molecule has 1 aromatic heterocycles. The van der Waals surface area contributed by atoms with E-state index in [0.29, 0.717) is 12.1 Å². The fourth-order valence-electron chi connectivity index (χ4n) is 2.16. The first-order valence-corrected chi connectivity index (χ1v) is 7.19. The molecule has 1 saturated carbocycles. The molecule has 0 aliphatic heterocycles. The Bertz CT molecular complexity index is 330. The Morgan fingerprint density at radius 1 is 1.56 bits per heavy atom. The molecule has 2 atom stereocenters. The Hall–Kier alpha value is -0.410. The van der Waals surface area contributed by atoms with Crippen LogP contribution in [0.1, 0.15) is 55.5 Å². The zero-order valence-corrected chi connectivity index (χ0v) is 11.3. The molecule has 1 aromatic rings. The maximum Gasteiger partial charge on any atom is 0.110 e. The summed E-state index contributed by atoms with van der Waals surface area (Å²) in [4.78, 5) is 5.80. The highest BCUT2D eigenvalue weighted by Gasteiger charge is 2.25. The first kappa shape index (κ1) is 12.1. The van der Waals surface area contributed by atoms with Crippen molar-refractivity contribution in [2.45, 2.75) is 58.5 Å². The maximum absolute atomic E-state index is 4.49. The molecule has 0 saturated heterocycles. The van der Waals surface area contributed by atoms with Crippen LogP contribution in [0.5, 0.6) is 0 Å². The van der Waals surface area contributed by atoms with Crippen LogP contribution in [0, 0.1) is 12.8 Å². The van der Waals surface area contributed by atoms with Crippen LogP contribution in [0.15, 0.2) is 6.20 Å². The van der Waals surface area contributed by atoms with Gasteiger partial charge >= 0.3 is 0 Å². The van der Waals surface area contributed by atoms with E-state index in [1.165, 1.54) is 29.1 Å². The van der Waals surface area contributed by atoms with Crippen molar-refractivity contribution < 1.29 is 0 Å². The van der Waals surface area contributed by atoms with Crippen LogP contribution in [-0.4, -0.2) is 11.0 Å². The van der Waals surface area contributed by atoms with Gasteiger partial charge in [0.05, 0.1) is 6.04 Å². The monoisotopic (exact) mass is 238 g/mol. The molecule has 0 amide bonds. The molecule has 0 radical (unpaired) electrons. The van der Waals surface area contributed by atoms with Gasteiger partial charge in [-0.05, 0) is 32.6 Å². The van der Waals surface area contributed by atoms with E-state index in [1.807, 2.05) is 17.5 Å². The molecular formula is C13H22N2S. The van der Waals surface area contributed by atoms with E-state index >= 15 is 0 Å². The van der Waals surface area contributed by atoms with Crippen LogP contribution in [-0.2, 0) is 0 Å². The van der Waals surface area contributed by atoms with Crippen molar-refractivity contribution in [1.82, 2.24) is 10.3 Å². The van der Waals surface area contributed by atoms with Gasteiger partial charge in [-0.15, -0.1) is 11.3 Å². The van der Waals surface area contributed by atoms with Crippen LogP contribution in [0.4, 0.5) is 0 Å². The second kappa shape index (κ2) is 5.28. The minimum atomic E-state index is 0.451. The van der Waals surface area contributed by atoms with E-state index in [2.05, 4.69) is 31.1 Å². The summed E-state index contributed by atoms with van der Waals surface area (Å²) in [6.07, 6.45) is 7.33. The third kappa shape index (κ3) is 3.29. The first-order chi connectivity index (χ1) is 7.69. The van der Waals surface area contributed by atoms with Gasteiger partial charge in [-0.1, -0.05) is 19.8 Å². The van der Waals surface area contributed by atoms with E-state index in [-0.39, 0.29) is 0 Å². The van der Waals surface area contributed by atoms with Gasteiger partial charge in [0.25, 0.3) is 0 Å². The summed E-state index contributed by atoms with van der Waals surface area (Å²) in [5.74, 6) is 0.998. The summed E-state index contributed by atoms with van der Waals surface area (Å²) in [6, 6.07) is 1.08. The molecule has 0 bridgehead atoms. The topological polar surface area (TPSA) is 24.9 Å². The Labute approximate surface area is 102 Å². The van der Waals surface area contributed by atoms with Crippen molar-refractivity contribution in [2.75, 3.05) is 0 Å². The van der Waals surface area contributed by atoms with Crippen molar-refractivity contribution in [2.24, 2.45) is 5.92 Å². The molecule has 16 heavy (non-hydrogen) atoms. The van der Waals surface area contributed by atoms with Gasteiger partial charge in [-0.2, -0.15) is 0 Å². The third-order valence-corrected chi connectivity index (χ3v) is 4.24. The smallest absolute Gasteiger partial charge is 0.110 e. The number of hydrogen-bond donors (Lipinski definition) is 1. The van der Waals surface area contributed by atoms with E-state index in [9.17, 15) is 0 Å². The van der Waals surface area contributed by atoms with E-state index in [1.54, 1.807) is 0 Å². The lowest BCUT2D eigenvalue weighted by molar-refractivity contribution is 0.412. The normalized spacial score (nSPS) is 19.7. The highest BCUT2D eigenvalue weighted by Crippen LogP contribution is 2.34. The summed E-state index contributed by atoms with van der Waals surface area (Å²) in [7, 11) is 0. The summed E-state index contributed by atoms with van der Waals surface area (Å²) in [5.41, 5.74) is 0. The summed E-state index contributed by atoms with van der Waals surface area (Å²) >= 11 is 1.82. The van der Waals surface area contributed by atoms with Gasteiger partial charge in [0.2, 0.25) is 0 Å². The fourth-order valence-corrected chi connectivity index (χ4v) is 3.08. The lowest BCUT2D eigenvalue weighted by atomic mass is 10.1. The SMILES string of the molecule is CCC(NC(C)CC1CC1)c1ncc(C)s1. The van der Waals surface area contributed by atoms with Crippen molar-refractivity contribution in [1.29, 1.82) is 0 Å². The molecule has 1 N–H and O–H groups in total. The largest absolute Gasteiger partial charge is 0.305 e. The molecule has 1 aliphatic carbocycles. The predicted octanol–water partition coefficient (Wildman–Crippen LogP) is 3.68. The summed E-state index contributed by atoms with van der Waals surface area (Å²) < 4.78 is 0. The van der Waals surface area contributed by atoms with E-state index in [0.717, 1.165) is 12.3 Å². The number of aryl methyl sites for hydroxylation is 1. The van der Waals surface area contributed by atoms with Gasteiger partial charge in [0.15, 0.2) is 0 Å². The number of thiazole rings is 1. The van der Waals surface area contributed by atoms with Gasteiger partial charge in [-0.3, -0.25) is 0 Å². The highest BCUT2D eigenvalue weighted by atomic mass is 32.1. The van der Waals surface area contributed by atoms with Gasteiger partial charge < -0.3 is 5.32 Å². The van der Waals surface area contributed by atoms with Crippen LogP contribution in [0.25, 0.3) is 0 Å². The van der Waals surface area contributed by atoms with Gasteiger partial charge in [0.1, 0.15) is 5.01 Å². The number of rotatable bonds is 6. The van der Waals surface area contributed by atoms with Crippen LogP contribution >= 0.6 is 11.3 Å². The molecule has 1 aliphatic rings. The lowest BCUT2D eigenvalue weighted by Gasteiger charge is -2.20. The number of nitrogens with one attached hydrogen (secondary N) is 1. The molecule has 1 fully saturated rings. The Balaban J connectivity index is 1.88. The molecular weight excluding hydrogens is 216 g/mol. The van der Waals surface area contributed by atoms with E-state index < -0.39 is 0 Å². The number of aromatic nitrogens is 1. The first-order valence-electron chi connectivity index (χ1n) is 6.37. The quantitative estimate of drug-likeness (QED) is 0.817. The summed E-state index contributed by atoms with van der Waals surface area (Å²) in [6.45, 7) is 6.67. The van der Waals surface area contributed by atoms with Gasteiger partial charge in [0, 0.05) is 17.1 Å². The molecule has 3 heteroatoms. The average molecular weight is 238 g/mol. The zero-order valence-electron chi connectivity index (χ0n) is 10.5. The molecule has 2 unspecified atom stereocenters. The Morgan fingerprint density at radius 3 is 2.81 bits per heavy atom. The predicted molar refractivity (Wildman–Crippen MR) is 69.8 cm³/mol. The Morgan fingerprint density at radius 2 is 2.31 bits per heavy atom. The van der Waals surface area contributed by atoms with Crippen LogP contribution < -0.4 is 5.32 Å². The molecule has 0 aromatic carbocycles. The zero-order chi connectivity index (χ0) is 11.5. The lowest BCUT2D eigenvalue weighted by Crippen LogP contribution is -2.30. The standard InChI is InChI=1S/C13H22N2S/c1-4-12(13-14-8-10(3)16-13)15-9(2)7-11-5-6-11/h8-9,11-12,15H,4-7H2,1-3H3. The van der Waals surface area contributed by atoms with Crippen molar-refractivity contribution >= 4 is 11.3 Å². The second-order valence-corrected chi connectivity index (χ2v) is 6.28. The minimum Gasteiger partial charge on any atom is -0.305 e.